The van der Waals surface area contributed by atoms with Crippen molar-refractivity contribution in [3.8, 4) is 17.2 Å². The Labute approximate surface area is 258 Å². The molecule has 3 aromatic carbocycles. The standard InChI is InChI=1S/C37H40O7/c1-23(2)26-14-12-25(13-15-26)22-42-30-18-16-27(17-19-30)31-21-33(39)44-32-20-28-9-5-4-6-10-29(38)11-7-8-24(3)43-37(41)34(28)36(40)35(31)32/h5,9,12-20,23-24,31,40H,4,6-8,10-11,21-22H2,1-3H3/t24-,31?/m0/s1. The van der Waals surface area contributed by atoms with Gasteiger partial charge in [-0.05, 0) is 79.0 Å². The molecule has 2 heterocycles. The van der Waals surface area contributed by atoms with Crippen LogP contribution in [0.1, 0.15) is 116 Å². The van der Waals surface area contributed by atoms with Crippen molar-refractivity contribution in [2.45, 2.75) is 90.3 Å². The van der Waals surface area contributed by atoms with Crippen LogP contribution in [0.25, 0.3) is 6.08 Å². The number of aromatic hydroxyl groups is 1. The van der Waals surface area contributed by atoms with Gasteiger partial charge in [0.1, 0.15) is 35.2 Å². The number of hydrogen-bond donors (Lipinski definition) is 1. The molecule has 2 aliphatic rings. The number of ether oxygens (including phenoxy) is 3. The molecule has 5 rings (SSSR count). The second-order valence-electron chi connectivity index (χ2n) is 12.0. The number of cyclic esters (lactones) is 1. The molecule has 0 radical (unpaired) electrons. The summed E-state index contributed by atoms with van der Waals surface area (Å²) in [5, 5.41) is 11.6. The van der Waals surface area contributed by atoms with E-state index in [0.29, 0.717) is 67.9 Å². The van der Waals surface area contributed by atoms with Crippen molar-refractivity contribution in [1.29, 1.82) is 0 Å². The highest BCUT2D eigenvalue weighted by Crippen LogP contribution is 2.47. The summed E-state index contributed by atoms with van der Waals surface area (Å²) in [4.78, 5) is 38.3. The zero-order valence-corrected chi connectivity index (χ0v) is 25.6. The number of hydrogen-bond acceptors (Lipinski definition) is 7. The number of esters is 2. The van der Waals surface area contributed by atoms with Gasteiger partial charge < -0.3 is 19.3 Å². The molecule has 1 unspecified atom stereocenters. The molecule has 0 saturated carbocycles. The van der Waals surface area contributed by atoms with Gasteiger partial charge in [-0.25, -0.2) is 4.79 Å². The SMILES string of the molecule is CC(C)c1ccc(COc2ccc(C3CC(=O)Oc4cc5c(c(O)c43)C(=O)O[C@@H](C)CCCC(=O)CCCC=C5)cc2)cc1. The van der Waals surface area contributed by atoms with Crippen LogP contribution in [0.3, 0.4) is 0 Å². The third-order valence-corrected chi connectivity index (χ3v) is 8.31. The Morgan fingerprint density at radius 3 is 2.43 bits per heavy atom. The third kappa shape index (κ3) is 7.39. The van der Waals surface area contributed by atoms with E-state index in [2.05, 4.69) is 38.1 Å². The summed E-state index contributed by atoms with van der Waals surface area (Å²) in [5.74, 6) is -0.280. The molecule has 44 heavy (non-hydrogen) atoms. The lowest BCUT2D eigenvalue weighted by atomic mass is 9.83. The molecule has 2 atom stereocenters. The Hall–Kier alpha value is -4.39. The van der Waals surface area contributed by atoms with Crippen LogP contribution < -0.4 is 9.47 Å². The molecule has 0 spiro atoms. The van der Waals surface area contributed by atoms with Gasteiger partial charge in [-0.3, -0.25) is 9.59 Å². The van der Waals surface area contributed by atoms with Crippen molar-refractivity contribution < 1.29 is 33.7 Å². The molecular formula is C37H40O7. The molecule has 2 aliphatic heterocycles. The lowest BCUT2D eigenvalue weighted by molar-refractivity contribution is -0.135. The van der Waals surface area contributed by atoms with E-state index in [1.165, 1.54) is 5.56 Å². The number of carbonyl (C=O) groups excluding carboxylic acids is 3. The number of phenolic OH excluding ortho intramolecular Hbond substituents is 1. The van der Waals surface area contributed by atoms with Gasteiger partial charge in [-0.15, -0.1) is 0 Å². The summed E-state index contributed by atoms with van der Waals surface area (Å²) in [6.45, 7) is 6.53. The molecule has 1 N–H and O–H groups in total. The fourth-order valence-electron chi connectivity index (χ4n) is 5.77. The molecule has 0 saturated heterocycles. The van der Waals surface area contributed by atoms with E-state index < -0.39 is 24.0 Å². The van der Waals surface area contributed by atoms with E-state index in [-0.39, 0.29) is 29.3 Å². The zero-order valence-electron chi connectivity index (χ0n) is 25.6. The average Bonchev–Trinajstić information content (AvgIpc) is 2.99. The Morgan fingerprint density at radius 2 is 1.70 bits per heavy atom. The Balaban J connectivity index is 1.42. The van der Waals surface area contributed by atoms with Gasteiger partial charge >= 0.3 is 11.9 Å². The topological polar surface area (TPSA) is 99.1 Å². The zero-order chi connectivity index (χ0) is 31.2. The predicted molar refractivity (Wildman–Crippen MR) is 168 cm³/mol. The highest BCUT2D eigenvalue weighted by Gasteiger charge is 2.35. The Kier molecular flexibility index (Phi) is 9.83. The maximum atomic E-state index is 13.4. The Bertz CT molecular complexity index is 1530. The minimum Gasteiger partial charge on any atom is -0.507 e. The lowest BCUT2D eigenvalue weighted by Crippen LogP contribution is -2.23. The molecule has 0 aliphatic carbocycles. The maximum absolute atomic E-state index is 13.4. The highest BCUT2D eigenvalue weighted by molar-refractivity contribution is 5.98. The number of fused-ring (bicyclic) bond motifs is 2. The van der Waals surface area contributed by atoms with Gasteiger partial charge in [-0.1, -0.05) is 62.4 Å². The van der Waals surface area contributed by atoms with Crippen LogP contribution in [0.4, 0.5) is 0 Å². The smallest absolute Gasteiger partial charge is 0.342 e. The monoisotopic (exact) mass is 596 g/mol. The Morgan fingerprint density at radius 1 is 0.977 bits per heavy atom. The molecule has 0 fully saturated rings. The van der Waals surface area contributed by atoms with Crippen molar-refractivity contribution in [3.05, 3.63) is 94.1 Å². The molecule has 3 aromatic rings. The number of ketones is 1. The first kappa shape index (κ1) is 31.0. The van der Waals surface area contributed by atoms with E-state index in [1.807, 2.05) is 30.3 Å². The minimum atomic E-state index is -0.651. The fraction of sp³-hybridized carbons (Fsp3) is 0.378. The second kappa shape index (κ2) is 13.9. The van der Waals surface area contributed by atoms with Gasteiger partial charge in [0.05, 0.1) is 12.5 Å². The molecular weight excluding hydrogens is 556 g/mol. The predicted octanol–water partition coefficient (Wildman–Crippen LogP) is 8.02. The van der Waals surface area contributed by atoms with Crippen LogP contribution in [0.15, 0.2) is 60.7 Å². The van der Waals surface area contributed by atoms with Gasteiger partial charge in [-0.2, -0.15) is 0 Å². The quantitative estimate of drug-likeness (QED) is 0.235. The van der Waals surface area contributed by atoms with Crippen molar-refractivity contribution in [2.24, 2.45) is 0 Å². The molecule has 0 bridgehead atoms. The number of phenols is 1. The van der Waals surface area contributed by atoms with Crippen molar-refractivity contribution in [2.75, 3.05) is 0 Å². The van der Waals surface area contributed by atoms with Crippen molar-refractivity contribution >= 4 is 23.8 Å². The molecule has 230 valence electrons. The average molecular weight is 597 g/mol. The van der Waals surface area contributed by atoms with E-state index >= 15 is 0 Å². The summed E-state index contributed by atoms with van der Waals surface area (Å²) in [6.07, 6.45) is 6.63. The number of benzene rings is 3. The third-order valence-electron chi connectivity index (χ3n) is 8.31. The van der Waals surface area contributed by atoms with Crippen LogP contribution in [0.2, 0.25) is 0 Å². The first-order valence-electron chi connectivity index (χ1n) is 15.5. The number of carbonyl (C=O) groups is 3. The number of Topliss-reactive ketones (excluding diaryl/α,β-unsaturated/α-hetero) is 1. The van der Waals surface area contributed by atoms with Crippen LogP contribution in [0, 0.1) is 0 Å². The van der Waals surface area contributed by atoms with E-state index in [9.17, 15) is 19.5 Å². The van der Waals surface area contributed by atoms with Crippen LogP contribution in [0.5, 0.6) is 17.2 Å². The van der Waals surface area contributed by atoms with Crippen LogP contribution >= 0.6 is 0 Å². The van der Waals surface area contributed by atoms with Crippen LogP contribution in [-0.2, 0) is 20.9 Å². The summed E-state index contributed by atoms with van der Waals surface area (Å²) in [5.41, 5.74) is 3.96. The minimum absolute atomic E-state index is 0.0110. The fourth-order valence-corrected chi connectivity index (χ4v) is 5.77. The number of rotatable bonds is 5. The van der Waals surface area contributed by atoms with Gasteiger partial charge in [0.25, 0.3) is 0 Å². The molecule has 7 heteroatoms. The summed E-state index contributed by atoms with van der Waals surface area (Å²) in [6, 6.07) is 17.4. The second-order valence-corrected chi connectivity index (χ2v) is 12.0. The summed E-state index contributed by atoms with van der Waals surface area (Å²) >= 11 is 0. The summed E-state index contributed by atoms with van der Waals surface area (Å²) in [7, 11) is 0. The largest absolute Gasteiger partial charge is 0.507 e. The number of allylic oxidation sites excluding steroid dienone is 1. The summed E-state index contributed by atoms with van der Waals surface area (Å²) < 4.78 is 17.3. The molecule has 0 aromatic heterocycles. The van der Waals surface area contributed by atoms with Gasteiger partial charge in [0, 0.05) is 24.3 Å². The van der Waals surface area contributed by atoms with Crippen LogP contribution in [-0.4, -0.2) is 28.9 Å². The van der Waals surface area contributed by atoms with Gasteiger partial charge in [0.15, 0.2) is 0 Å². The lowest BCUT2D eigenvalue weighted by Gasteiger charge is -2.28. The molecule has 7 nitrogen and oxygen atoms in total. The first-order valence-corrected chi connectivity index (χ1v) is 15.5. The first-order chi connectivity index (χ1) is 21.2. The van der Waals surface area contributed by atoms with E-state index in [1.54, 1.807) is 19.1 Å². The molecule has 0 amide bonds. The van der Waals surface area contributed by atoms with E-state index in [0.717, 1.165) is 11.1 Å². The maximum Gasteiger partial charge on any atom is 0.342 e. The van der Waals surface area contributed by atoms with E-state index in [4.69, 9.17) is 14.2 Å². The van der Waals surface area contributed by atoms with Crippen molar-refractivity contribution in [3.63, 3.8) is 0 Å². The van der Waals surface area contributed by atoms with Gasteiger partial charge in [0.2, 0.25) is 0 Å². The normalized spacial score (nSPS) is 19.4. The van der Waals surface area contributed by atoms with Crippen molar-refractivity contribution in [1.82, 2.24) is 0 Å². The highest BCUT2D eigenvalue weighted by atomic mass is 16.5.